The first kappa shape index (κ1) is 89.1. The van der Waals surface area contributed by atoms with Crippen molar-refractivity contribution in [3.63, 3.8) is 0 Å². The lowest BCUT2D eigenvalue weighted by Crippen LogP contribution is -2.30. The lowest BCUT2D eigenvalue weighted by atomic mass is 9.99. The summed E-state index contributed by atoms with van der Waals surface area (Å²) in [4.78, 5) is 72.5. The molecule has 0 saturated carbocycles. The predicted octanol–water partition coefficient (Wildman–Crippen LogP) is 20.5. The van der Waals surface area contributed by atoms with E-state index in [9.17, 15) is 43.2 Å². The molecule has 0 aromatic carbocycles. The van der Waals surface area contributed by atoms with Crippen LogP contribution in [0.25, 0.3) is 0 Å². The molecule has 0 aliphatic heterocycles. The van der Waals surface area contributed by atoms with Crippen molar-refractivity contribution >= 4 is 39.5 Å². The van der Waals surface area contributed by atoms with E-state index in [0.29, 0.717) is 37.5 Å². The average molecular weight is 1340 g/mol. The Morgan fingerprint density at radius 1 is 0.308 bits per heavy atom. The Kier molecular flexibility index (Phi) is 60.3. The molecule has 0 spiro atoms. The van der Waals surface area contributed by atoms with Crippen molar-refractivity contribution in [2.45, 2.75) is 375 Å². The minimum atomic E-state index is -4.95. The molecule has 0 aromatic heterocycles. The van der Waals surface area contributed by atoms with Crippen LogP contribution >= 0.6 is 15.6 Å². The van der Waals surface area contributed by atoms with Crippen LogP contribution in [0, 0.1) is 23.7 Å². The highest BCUT2D eigenvalue weighted by atomic mass is 31.2. The van der Waals surface area contributed by atoms with E-state index in [1.165, 1.54) is 154 Å². The molecule has 0 aliphatic carbocycles. The third-order valence-corrected chi connectivity index (χ3v) is 18.8. The third-order valence-electron chi connectivity index (χ3n) is 16.9. The monoisotopic (exact) mass is 1340 g/mol. The maximum atomic E-state index is 13.0. The number of esters is 4. The Morgan fingerprint density at radius 3 is 0.780 bits per heavy atom. The number of aliphatic hydroxyl groups excluding tert-OH is 1. The molecule has 19 heteroatoms. The lowest BCUT2D eigenvalue weighted by molar-refractivity contribution is -0.161. The van der Waals surface area contributed by atoms with Gasteiger partial charge in [0.15, 0.2) is 12.2 Å². The van der Waals surface area contributed by atoms with Crippen LogP contribution in [0.4, 0.5) is 0 Å². The van der Waals surface area contributed by atoms with Crippen LogP contribution in [0.2, 0.25) is 0 Å². The molecule has 4 unspecified atom stereocenters. The Labute approximate surface area is 556 Å². The number of carbonyl (C=O) groups excluding carboxylic acids is 4. The fraction of sp³-hybridized carbons (Fsp3) is 0.944. The topological polar surface area (TPSA) is 237 Å². The van der Waals surface area contributed by atoms with E-state index in [-0.39, 0.29) is 25.7 Å². The summed E-state index contributed by atoms with van der Waals surface area (Å²) >= 11 is 0. The summed E-state index contributed by atoms with van der Waals surface area (Å²) in [5.41, 5.74) is 0. The van der Waals surface area contributed by atoms with E-state index >= 15 is 0 Å². The summed E-state index contributed by atoms with van der Waals surface area (Å²) in [6, 6.07) is 0. The fourth-order valence-electron chi connectivity index (χ4n) is 10.8. The van der Waals surface area contributed by atoms with Crippen LogP contribution in [0.1, 0.15) is 357 Å². The van der Waals surface area contributed by atoms with Gasteiger partial charge in [-0.3, -0.25) is 37.3 Å². The number of phosphoric acid groups is 2. The number of hydrogen-bond donors (Lipinski definition) is 3. The largest absolute Gasteiger partial charge is 0.472 e. The molecule has 0 aromatic rings. The van der Waals surface area contributed by atoms with Crippen LogP contribution in [0.15, 0.2) is 0 Å². The van der Waals surface area contributed by atoms with Crippen LogP contribution in [-0.2, 0) is 65.4 Å². The molecule has 0 fully saturated rings. The molecule has 91 heavy (non-hydrogen) atoms. The minimum absolute atomic E-state index is 0.102. The molecule has 0 aliphatic rings. The van der Waals surface area contributed by atoms with Crippen molar-refractivity contribution in [1.82, 2.24) is 0 Å². The van der Waals surface area contributed by atoms with Gasteiger partial charge in [0.05, 0.1) is 26.4 Å². The molecule has 0 bridgehead atoms. The maximum Gasteiger partial charge on any atom is 0.472 e. The van der Waals surface area contributed by atoms with Crippen LogP contribution < -0.4 is 0 Å². The second kappa shape index (κ2) is 61.6. The predicted molar refractivity (Wildman–Crippen MR) is 367 cm³/mol. The summed E-state index contributed by atoms with van der Waals surface area (Å²) in [7, 11) is -9.90. The number of rotatable bonds is 69. The number of phosphoric ester groups is 2. The van der Waals surface area contributed by atoms with Crippen molar-refractivity contribution < 1.29 is 80.2 Å². The van der Waals surface area contributed by atoms with E-state index in [1.54, 1.807) is 0 Å². The molecule has 3 N–H and O–H groups in total. The average Bonchev–Trinajstić information content (AvgIpc) is 3.38. The molecule has 17 nitrogen and oxygen atoms in total. The lowest BCUT2D eigenvalue weighted by Gasteiger charge is -2.21. The Bertz CT molecular complexity index is 1800. The van der Waals surface area contributed by atoms with Gasteiger partial charge in [0.25, 0.3) is 0 Å². The van der Waals surface area contributed by atoms with E-state index in [0.717, 1.165) is 108 Å². The highest BCUT2D eigenvalue weighted by Gasteiger charge is 2.30. The van der Waals surface area contributed by atoms with Gasteiger partial charge in [-0.1, -0.05) is 306 Å². The molecule has 540 valence electrons. The second-order valence-corrected chi connectivity index (χ2v) is 30.6. The van der Waals surface area contributed by atoms with Crippen LogP contribution in [0.5, 0.6) is 0 Å². The molecule has 0 rings (SSSR count). The molecule has 0 heterocycles. The van der Waals surface area contributed by atoms with Gasteiger partial charge in [-0.2, -0.15) is 0 Å². The van der Waals surface area contributed by atoms with Gasteiger partial charge < -0.3 is 33.8 Å². The van der Waals surface area contributed by atoms with Gasteiger partial charge >= 0.3 is 39.5 Å². The first-order valence-electron chi connectivity index (χ1n) is 37.2. The Hall–Kier alpha value is -1.94. The zero-order chi connectivity index (χ0) is 67.5. The first-order valence-corrected chi connectivity index (χ1v) is 40.2. The second-order valence-electron chi connectivity index (χ2n) is 27.6. The molecule has 0 radical (unpaired) electrons. The number of ether oxygens (including phenoxy) is 4. The Morgan fingerprint density at radius 2 is 0.527 bits per heavy atom. The van der Waals surface area contributed by atoms with Gasteiger partial charge in [0.1, 0.15) is 19.3 Å². The van der Waals surface area contributed by atoms with Gasteiger partial charge in [0.2, 0.25) is 0 Å². The van der Waals surface area contributed by atoms with Crippen molar-refractivity contribution in [3.05, 3.63) is 0 Å². The van der Waals surface area contributed by atoms with E-state index in [4.69, 9.17) is 37.0 Å². The summed E-state index contributed by atoms with van der Waals surface area (Å²) in [6.07, 6.45) is 44.7. The van der Waals surface area contributed by atoms with Crippen molar-refractivity contribution in [1.29, 1.82) is 0 Å². The minimum Gasteiger partial charge on any atom is -0.462 e. The molecule has 0 saturated heterocycles. The first-order chi connectivity index (χ1) is 43.6. The summed E-state index contributed by atoms with van der Waals surface area (Å²) in [5.74, 6) is 0.852. The molecule has 6 atom stereocenters. The van der Waals surface area contributed by atoms with E-state index in [1.807, 2.05) is 0 Å². The number of carbonyl (C=O) groups is 4. The van der Waals surface area contributed by atoms with Gasteiger partial charge in [-0.25, -0.2) is 9.13 Å². The van der Waals surface area contributed by atoms with Gasteiger partial charge in [-0.05, 0) is 49.4 Å². The number of aliphatic hydroxyl groups is 1. The number of hydrogen-bond acceptors (Lipinski definition) is 15. The van der Waals surface area contributed by atoms with E-state index < -0.39 is 97.5 Å². The van der Waals surface area contributed by atoms with Crippen molar-refractivity contribution in [2.24, 2.45) is 23.7 Å². The van der Waals surface area contributed by atoms with E-state index in [2.05, 4.69) is 55.4 Å². The van der Waals surface area contributed by atoms with Gasteiger partial charge in [0, 0.05) is 25.7 Å². The standard InChI is InChI=1S/C72H140O17P2/c1-9-65(8)51-43-35-26-20-17-18-22-28-38-46-54-71(76)88-67(58-83-70(75)53-45-37-29-23-25-33-41-49-63(4)5)60-86-90(78,79)84-56-66(73)57-85-91(80,81)87-61-68(89-72(77)55-47-39-31-30-34-42-50-64(6)7)59-82-69(74)52-44-36-27-21-16-14-12-10-11-13-15-19-24-32-40-48-62(2)3/h62-68,73H,9-61H2,1-8H3,(H,78,79)(H,80,81)/t65?,66?,67-,68-/m1/s1. The summed E-state index contributed by atoms with van der Waals surface area (Å²) in [5, 5.41) is 10.6. The SMILES string of the molecule is CCC(C)CCCCCCCCCCCCC(=O)O[C@H](COC(=O)CCCCCCCCCC(C)C)COP(=O)(O)OCC(O)COP(=O)(O)OC[C@@H](COC(=O)CCCCCCCCCCCCCCCCCC(C)C)OC(=O)CCCCCCCCC(C)C. The fourth-order valence-corrected chi connectivity index (χ4v) is 12.4. The zero-order valence-electron chi connectivity index (χ0n) is 59.5. The summed E-state index contributed by atoms with van der Waals surface area (Å²) < 4.78 is 68.3. The quantitative estimate of drug-likeness (QED) is 0.0222. The maximum absolute atomic E-state index is 13.0. The molecular weight excluding hydrogens is 1200 g/mol. The highest BCUT2D eigenvalue weighted by molar-refractivity contribution is 7.47. The number of unbranched alkanes of at least 4 members (excludes halogenated alkanes) is 34. The van der Waals surface area contributed by atoms with Crippen LogP contribution in [-0.4, -0.2) is 96.7 Å². The normalized spacial score (nSPS) is 14.5. The molecule has 0 amide bonds. The molecular formula is C72H140O17P2. The summed E-state index contributed by atoms with van der Waals surface area (Å²) in [6.45, 7) is 14.1. The smallest absolute Gasteiger partial charge is 0.462 e. The van der Waals surface area contributed by atoms with Crippen molar-refractivity contribution in [3.8, 4) is 0 Å². The van der Waals surface area contributed by atoms with Gasteiger partial charge in [-0.15, -0.1) is 0 Å². The van der Waals surface area contributed by atoms with Crippen molar-refractivity contribution in [2.75, 3.05) is 39.6 Å². The highest BCUT2D eigenvalue weighted by Crippen LogP contribution is 2.45. The third kappa shape index (κ3) is 65.1. The van der Waals surface area contributed by atoms with Crippen LogP contribution in [0.3, 0.4) is 0 Å². The zero-order valence-corrected chi connectivity index (χ0v) is 61.3. The Balaban J connectivity index is 5.18.